The highest BCUT2D eigenvalue weighted by Gasteiger charge is 2.19. The molecule has 7 nitrogen and oxygen atoms in total. The maximum absolute atomic E-state index is 13.7. The van der Waals surface area contributed by atoms with Gasteiger partial charge in [0.15, 0.2) is 0 Å². The predicted octanol–water partition coefficient (Wildman–Crippen LogP) is 5.19. The summed E-state index contributed by atoms with van der Waals surface area (Å²) in [6.45, 7) is 0. The minimum atomic E-state index is -0.826. The number of hydrogen-bond acceptors (Lipinski definition) is 5. The molecule has 1 N–H and O–H groups in total. The van der Waals surface area contributed by atoms with Crippen LogP contribution in [0.25, 0.3) is 17.4 Å². The van der Waals surface area contributed by atoms with Gasteiger partial charge in [0.1, 0.15) is 29.0 Å². The average Bonchev–Trinajstić information content (AvgIpc) is 3.16. The Hall–Kier alpha value is -3.96. The third-order valence-electron chi connectivity index (χ3n) is 3.82. The van der Waals surface area contributed by atoms with Gasteiger partial charge in [0.25, 0.3) is 11.6 Å². The SMILES string of the molecule is N#C/C(=C\c1ccc(-c2ccc(Cl)cc2[N+](=O)[O-])o1)C(=O)Nc1ccccc1F. The average molecular weight is 412 g/mol. The zero-order chi connectivity index (χ0) is 21.0. The first kappa shape index (κ1) is 19.8. The van der Waals surface area contributed by atoms with Gasteiger partial charge in [0.2, 0.25) is 0 Å². The molecule has 0 aliphatic rings. The van der Waals surface area contributed by atoms with Gasteiger partial charge in [-0.25, -0.2) is 4.39 Å². The highest BCUT2D eigenvalue weighted by molar-refractivity contribution is 6.30. The van der Waals surface area contributed by atoms with Crippen LogP contribution in [0.5, 0.6) is 0 Å². The topological polar surface area (TPSA) is 109 Å². The molecular weight excluding hydrogens is 401 g/mol. The van der Waals surface area contributed by atoms with E-state index < -0.39 is 16.6 Å². The van der Waals surface area contributed by atoms with E-state index in [4.69, 9.17) is 16.0 Å². The number of nitrogens with zero attached hydrogens (tertiary/aromatic N) is 2. The van der Waals surface area contributed by atoms with Crippen LogP contribution in [0.1, 0.15) is 5.76 Å². The number of carbonyl (C=O) groups excluding carboxylic acids is 1. The summed E-state index contributed by atoms with van der Waals surface area (Å²) in [5, 5.41) is 23.0. The molecule has 0 spiro atoms. The Morgan fingerprint density at radius 2 is 2.00 bits per heavy atom. The summed E-state index contributed by atoms with van der Waals surface area (Å²) in [5.74, 6) is -1.20. The van der Waals surface area contributed by atoms with Crippen molar-refractivity contribution in [1.29, 1.82) is 5.26 Å². The molecule has 0 saturated heterocycles. The van der Waals surface area contributed by atoms with Gasteiger partial charge in [-0.05, 0) is 36.4 Å². The van der Waals surface area contributed by atoms with E-state index in [1.807, 2.05) is 0 Å². The Balaban J connectivity index is 1.89. The number of hydrogen-bond donors (Lipinski definition) is 1. The van der Waals surface area contributed by atoms with E-state index in [0.717, 1.165) is 6.08 Å². The lowest BCUT2D eigenvalue weighted by Crippen LogP contribution is -2.14. The Labute approximate surface area is 168 Å². The summed E-state index contributed by atoms with van der Waals surface area (Å²) in [5.41, 5.74) is -0.469. The van der Waals surface area contributed by atoms with Gasteiger partial charge in [0.05, 0.1) is 16.2 Å². The van der Waals surface area contributed by atoms with Crippen molar-refractivity contribution in [3.63, 3.8) is 0 Å². The molecule has 0 radical (unpaired) electrons. The van der Waals surface area contributed by atoms with Gasteiger partial charge in [-0.3, -0.25) is 14.9 Å². The molecular formula is C20H11ClFN3O4. The largest absolute Gasteiger partial charge is 0.456 e. The molecule has 0 fully saturated rings. The minimum Gasteiger partial charge on any atom is -0.456 e. The number of nitro benzene ring substituents is 1. The Bertz CT molecular complexity index is 1180. The number of rotatable bonds is 5. The molecule has 1 heterocycles. The van der Waals surface area contributed by atoms with Crippen molar-refractivity contribution < 1.29 is 18.5 Å². The fourth-order valence-corrected chi connectivity index (χ4v) is 2.65. The second kappa shape index (κ2) is 8.37. The molecule has 3 aromatic rings. The van der Waals surface area contributed by atoms with Crippen LogP contribution < -0.4 is 5.32 Å². The lowest BCUT2D eigenvalue weighted by molar-refractivity contribution is -0.384. The Morgan fingerprint density at radius 1 is 1.24 bits per heavy atom. The first-order valence-corrected chi connectivity index (χ1v) is 8.48. The highest BCUT2D eigenvalue weighted by atomic mass is 35.5. The number of amides is 1. The maximum Gasteiger partial charge on any atom is 0.281 e. The third-order valence-corrected chi connectivity index (χ3v) is 4.06. The van der Waals surface area contributed by atoms with E-state index in [-0.39, 0.29) is 39.1 Å². The van der Waals surface area contributed by atoms with Crippen molar-refractivity contribution in [1.82, 2.24) is 0 Å². The van der Waals surface area contributed by atoms with Crippen LogP contribution in [0.2, 0.25) is 5.02 Å². The summed E-state index contributed by atoms with van der Waals surface area (Å²) in [6, 6.07) is 14.3. The van der Waals surface area contributed by atoms with Crippen molar-refractivity contribution >= 4 is 35.0 Å². The second-order valence-corrected chi connectivity index (χ2v) is 6.16. The number of halogens is 2. The zero-order valence-corrected chi connectivity index (χ0v) is 15.3. The van der Waals surface area contributed by atoms with E-state index in [9.17, 15) is 24.6 Å². The molecule has 1 amide bonds. The maximum atomic E-state index is 13.7. The van der Waals surface area contributed by atoms with Crippen molar-refractivity contribution in [3.8, 4) is 17.4 Å². The molecule has 1 aromatic heterocycles. The molecule has 144 valence electrons. The van der Waals surface area contributed by atoms with Crippen LogP contribution in [-0.4, -0.2) is 10.8 Å². The number of para-hydroxylation sites is 1. The molecule has 2 aromatic carbocycles. The van der Waals surface area contributed by atoms with Gasteiger partial charge in [0, 0.05) is 17.2 Å². The van der Waals surface area contributed by atoms with E-state index in [1.54, 1.807) is 6.07 Å². The van der Waals surface area contributed by atoms with Crippen LogP contribution in [0.4, 0.5) is 15.8 Å². The van der Waals surface area contributed by atoms with Gasteiger partial charge in [-0.1, -0.05) is 23.7 Å². The number of nitrogens with one attached hydrogen (secondary N) is 1. The van der Waals surface area contributed by atoms with Crippen LogP contribution >= 0.6 is 11.6 Å². The van der Waals surface area contributed by atoms with Gasteiger partial charge < -0.3 is 9.73 Å². The first-order valence-electron chi connectivity index (χ1n) is 8.11. The Kier molecular flexibility index (Phi) is 5.71. The van der Waals surface area contributed by atoms with Crippen LogP contribution in [0.15, 0.2) is 64.6 Å². The fraction of sp³-hybridized carbons (Fsp3) is 0. The number of carbonyl (C=O) groups is 1. The summed E-state index contributed by atoms with van der Waals surface area (Å²) in [6.07, 6.45) is 1.15. The molecule has 3 rings (SSSR count). The molecule has 29 heavy (non-hydrogen) atoms. The van der Waals surface area contributed by atoms with Crippen molar-refractivity contribution in [2.45, 2.75) is 0 Å². The molecule has 9 heteroatoms. The van der Waals surface area contributed by atoms with Crippen LogP contribution in [0.3, 0.4) is 0 Å². The van der Waals surface area contributed by atoms with Gasteiger partial charge in [-0.15, -0.1) is 0 Å². The summed E-state index contributed by atoms with van der Waals surface area (Å²) in [7, 11) is 0. The van der Waals surface area contributed by atoms with E-state index in [2.05, 4.69) is 5.32 Å². The van der Waals surface area contributed by atoms with Gasteiger partial charge in [-0.2, -0.15) is 5.26 Å². The molecule has 0 aliphatic carbocycles. The predicted molar refractivity (Wildman–Crippen MR) is 104 cm³/mol. The van der Waals surface area contributed by atoms with Crippen molar-refractivity contribution in [3.05, 3.63) is 86.9 Å². The lowest BCUT2D eigenvalue weighted by atomic mass is 10.1. The quantitative estimate of drug-likeness (QED) is 0.269. The van der Waals surface area contributed by atoms with E-state index in [0.29, 0.717) is 0 Å². The van der Waals surface area contributed by atoms with Crippen molar-refractivity contribution in [2.24, 2.45) is 0 Å². The molecule has 0 atom stereocenters. The van der Waals surface area contributed by atoms with E-state index >= 15 is 0 Å². The lowest BCUT2D eigenvalue weighted by Gasteiger charge is -2.04. The van der Waals surface area contributed by atoms with Crippen molar-refractivity contribution in [2.75, 3.05) is 5.32 Å². The second-order valence-electron chi connectivity index (χ2n) is 5.72. The number of benzene rings is 2. The number of nitriles is 1. The molecule has 0 saturated carbocycles. The van der Waals surface area contributed by atoms with E-state index in [1.165, 1.54) is 54.6 Å². The number of furan rings is 1. The zero-order valence-electron chi connectivity index (χ0n) is 14.6. The number of nitro groups is 1. The van der Waals surface area contributed by atoms with Gasteiger partial charge >= 0.3 is 0 Å². The standard InChI is InChI=1S/C20H11ClFN3O4/c21-13-5-7-15(18(10-13)25(27)28)19-8-6-14(29-19)9-12(11-23)20(26)24-17-4-2-1-3-16(17)22/h1-10H,(H,24,26)/b12-9+. The smallest absolute Gasteiger partial charge is 0.281 e. The highest BCUT2D eigenvalue weighted by Crippen LogP contribution is 2.33. The summed E-state index contributed by atoms with van der Waals surface area (Å²) in [4.78, 5) is 22.9. The van der Waals surface area contributed by atoms with Crippen LogP contribution in [-0.2, 0) is 4.79 Å². The van der Waals surface area contributed by atoms with Crippen LogP contribution in [0, 0.1) is 27.3 Å². The first-order chi connectivity index (χ1) is 13.9. The number of anilines is 1. The monoisotopic (exact) mass is 411 g/mol. The normalized spacial score (nSPS) is 11.0. The summed E-state index contributed by atoms with van der Waals surface area (Å²) >= 11 is 5.80. The molecule has 0 bridgehead atoms. The molecule has 0 unspecified atom stereocenters. The minimum absolute atomic E-state index is 0.0735. The molecule has 0 aliphatic heterocycles. The third kappa shape index (κ3) is 4.48. The Morgan fingerprint density at radius 3 is 2.69 bits per heavy atom. The fourth-order valence-electron chi connectivity index (χ4n) is 2.48. The summed E-state index contributed by atoms with van der Waals surface area (Å²) < 4.78 is 19.2.